The lowest BCUT2D eigenvalue weighted by atomic mass is 10.1. The van der Waals surface area contributed by atoms with Crippen molar-refractivity contribution in [1.29, 1.82) is 0 Å². The minimum atomic E-state index is 0.861. The van der Waals surface area contributed by atoms with Crippen LogP contribution in [-0.2, 0) is 6.42 Å². The SMILES string of the molecule is C[N+](C)(C)C1=CCc2cc(N)ccc21. The van der Waals surface area contributed by atoms with E-state index in [1.54, 1.807) is 0 Å². The lowest BCUT2D eigenvalue weighted by molar-refractivity contribution is -0.796. The molecule has 0 spiro atoms. The Morgan fingerprint density at radius 1 is 1.21 bits per heavy atom. The summed E-state index contributed by atoms with van der Waals surface area (Å²) in [6.07, 6.45) is 3.31. The standard InChI is InChI=1S/C12H17N2/c1-14(2,3)12-7-4-9-8-10(13)5-6-11(9)12/h5-8H,4,13H2,1-3H3/q+1. The molecule has 0 bridgehead atoms. The summed E-state index contributed by atoms with van der Waals surface area (Å²) >= 11 is 0. The molecule has 2 nitrogen and oxygen atoms in total. The van der Waals surface area contributed by atoms with Gasteiger partial charge in [-0.3, -0.25) is 4.48 Å². The third kappa shape index (κ3) is 1.42. The number of benzene rings is 1. The van der Waals surface area contributed by atoms with Crippen LogP contribution in [0.2, 0.25) is 0 Å². The summed E-state index contributed by atoms with van der Waals surface area (Å²) in [7, 11) is 6.58. The van der Waals surface area contributed by atoms with Crippen LogP contribution in [0.4, 0.5) is 5.69 Å². The molecule has 2 heteroatoms. The summed E-state index contributed by atoms with van der Waals surface area (Å²) in [5.41, 5.74) is 10.7. The predicted molar refractivity (Wildman–Crippen MR) is 60.6 cm³/mol. The van der Waals surface area contributed by atoms with Crippen molar-refractivity contribution in [2.75, 3.05) is 26.9 Å². The molecule has 0 saturated carbocycles. The normalized spacial score (nSPS) is 15.2. The summed E-state index contributed by atoms with van der Waals surface area (Å²) in [4.78, 5) is 0. The van der Waals surface area contributed by atoms with Crippen molar-refractivity contribution in [3.8, 4) is 0 Å². The molecule has 0 atom stereocenters. The Hall–Kier alpha value is -1.28. The third-order valence-corrected chi connectivity index (χ3v) is 2.64. The van der Waals surface area contributed by atoms with Gasteiger partial charge in [0.25, 0.3) is 0 Å². The largest absolute Gasteiger partial charge is 0.399 e. The van der Waals surface area contributed by atoms with Crippen molar-refractivity contribution >= 4 is 11.4 Å². The van der Waals surface area contributed by atoms with Gasteiger partial charge in [0.2, 0.25) is 0 Å². The lowest BCUT2D eigenvalue weighted by Gasteiger charge is -2.25. The Morgan fingerprint density at radius 3 is 2.57 bits per heavy atom. The van der Waals surface area contributed by atoms with Crippen LogP contribution in [0.25, 0.3) is 5.70 Å². The molecular formula is C12H17N2+. The molecule has 2 rings (SSSR count). The van der Waals surface area contributed by atoms with E-state index in [-0.39, 0.29) is 0 Å². The highest BCUT2D eigenvalue weighted by Crippen LogP contribution is 2.32. The molecule has 0 unspecified atom stereocenters. The number of hydrogen-bond acceptors (Lipinski definition) is 1. The van der Waals surface area contributed by atoms with Crippen molar-refractivity contribution in [2.24, 2.45) is 0 Å². The second-order valence-corrected chi connectivity index (χ2v) is 4.72. The summed E-state index contributed by atoms with van der Waals surface area (Å²) < 4.78 is 0.872. The first-order valence-electron chi connectivity index (χ1n) is 4.89. The van der Waals surface area contributed by atoms with E-state index in [1.165, 1.54) is 16.8 Å². The zero-order valence-electron chi connectivity index (χ0n) is 9.04. The van der Waals surface area contributed by atoms with E-state index in [0.717, 1.165) is 16.6 Å². The Balaban J connectivity index is 2.48. The highest BCUT2D eigenvalue weighted by atomic mass is 15.3. The molecule has 0 fully saturated rings. The number of anilines is 1. The molecular weight excluding hydrogens is 172 g/mol. The van der Waals surface area contributed by atoms with E-state index in [9.17, 15) is 0 Å². The van der Waals surface area contributed by atoms with Crippen molar-refractivity contribution in [2.45, 2.75) is 6.42 Å². The van der Waals surface area contributed by atoms with Crippen molar-refractivity contribution in [1.82, 2.24) is 0 Å². The maximum Gasteiger partial charge on any atom is 0.136 e. The van der Waals surface area contributed by atoms with Crippen molar-refractivity contribution < 1.29 is 4.48 Å². The van der Waals surface area contributed by atoms with Gasteiger partial charge in [-0.05, 0) is 36.3 Å². The Bertz CT molecular complexity index is 397. The number of nitrogens with two attached hydrogens (primary N) is 1. The quantitative estimate of drug-likeness (QED) is 0.529. The smallest absolute Gasteiger partial charge is 0.136 e. The molecule has 74 valence electrons. The van der Waals surface area contributed by atoms with Crippen LogP contribution in [0.3, 0.4) is 0 Å². The molecule has 1 aromatic carbocycles. The van der Waals surface area contributed by atoms with Gasteiger partial charge in [0, 0.05) is 11.3 Å². The van der Waals surface area contributed by atoms with Gasteiger partial charge >= 0.3 is 0 Å². The molecule has 1 aliphatic rings. The Morgan fingerprint density at radius 2 is 1.93 bits per heavy atom. The van der Waals surface area contributed by atoms with Crippen LogP contribution in [0.15, 0.2) is 24.3 Å². The minimum Gasteiger partial charge on any atom is -0.399 e. The highest BCUT2D eigenvalue weighted by Gasteiger charge is 2.25. The van der Waals surface area contributed by atoms with E-state index in [1.807, 2.05) is 6.07 Å². The third-order valence-electron chi connectivity index (χ3n) is 2.64. The lowest BCUT2D eigenvalue weighted by Crippen LogP contribution is -2.31. The molecule has 1 aromatic rings. The topological polar surface area (TPSA) is 26.0 Å². The van der Waals surface area contributed by atoms with E-state index in [2.05, 4.69) is 39.4 Å². The number of allylic oxidation sites excluding steroid dienone is 1. The van der Waals surface area contributed by atoms with Crippen LogP contribution in [0.1, 0.15) is 11.1 Å². The van der Waals surface area contributed by atoms with E-state index >= 15 is 0 Å². The van der Waals surface area contributed by atoms with Crippen LogP contribution < -0.4 is 5.73 Å². The molecule has 14 heavy (non-hydrogen) atoms. The van der Waals surface area contributed by atoms with Crippen molar-refractivity contribution in [3.05, 3.63) is 35.4 Å². The number of nitrogens with zero attached hydrogens (tertiary/aromatic N) is 1. The maximum absolute atomic E-state index is 5.76. The van der Waals surface area contributed by atoms with Gasteiger partial charge in [-0.15, -0.1) is 0 Å². The molecule has 0 saturated heterocycles. The first-order chi connectivity index (χ1) is 6.48. The monoisotopic (exact) mass is 189 g/mol. The van der Waals surface area contributed by atoms with E-state index < -0.39 is 0 Å². The second kappa shape index (κ2) is 2.85. The fourth-order valence-corrected chi connectivity index (χ4v) is 1.98. The van der Waals surface area contributed by atoms with E-state index in [4.69, 9.17) is 5.73 Å². The van der Waals surface area contributed by atoms with Gasteiger partial charge in [-0.2, -0.15) is 0 Å². The van der Waals surface area contributed by atoms with Crippen molar-refractivity contribution in [3.63, 3.8) is 0 Å². The summed E-state index contributed by atoms with van der Waals surface area (Å²) in [6, 6.07) is 6.19. The van der Waals surface area contributed by atoms with Crippen LogP contribution in [0.5, 0.6) is 0 Å². The molecule has 0 aliphatic heterocycles. The Kier molecular flexibility index (Phi) is 1.89. The fourth-order valence-electron chi connectivity index (χ4n) is 1.98. The van der Waals surface area contributed by atoms with Crippen LogP contribution >= 0.6 is 0 Å². The molecule has 0 amide bonds. The molecule has 0 radical (unpaired) electrons. The van der Waals surface area contributed by atoms with Gasteiger partial charge in [-0.1, -0.05) is 0 Å². The number of hydrogen-bond donors (Lipinski definition) is 1. The number of nitrogen functional groups attached to an aromatic ring is 1. The number of rotatable bonds is 1. The predicted octanol–water partition coefficient (Wildman–Crippen LogP) is 1.87. The van der Waals surface area contributed by atoms with Gasteiger partial charge in [0.15, 0.2) is 0 Å². The van der Waals surface area contributed by atoms with Gasteiger partial charge in [-0.25, -0.2) is 0 Å². The fraction of sp³-hybridized carbons (Fsp3) is 0.333. The van der Waals surface area contributed by atoms with Gasteiger partial charge in [0.05, 0.1) is 21.1 Å². The highest BCUT2D eigenvalue weighted by molar-refractivity contribution is 5.70. The van der Waals surface area contributed by atoms with Crippen LogP contribution in [0, 0.1) is 0 Å². The zero-order chi connectivity index (χ0) is 10.3. The minimum absolute atomic E-state index is 0.861. The molecule has 2 N–H and O–H groups in total. The first kappa shape index (κ1) is 9.28. The van der Waals surface area contributed by atoms with Gasteiger partial charge in [0.1, 0.15) is 5.70 Å². The maximum atomic E-state index is 5.76. The van der Waals surface area contributed by atoms with Crippen LogP contribution in [-0.4, -0.2) is 25.6 Å². The molecule has 0 heterocycles. The summed E-state index contributed by atoms with van der Waals surface area (Å²) in [6.45, 7) is 0. The average molecular weight is 189 g/mol. The Labute approximate surface area is 85.2 Å². The number of quaternary nitrogens is 1. The second-order valence-electron chi connectivity index (χ2n) is 4.72. The van der Waals surface area contributed by atoms with Gasteiger partial charge < -0.3 is 5.73 Å². The average Bonchev–Trinajstić information content (AvgIpc) is 2.45. The molecule has 0 aromatic heterocycles. The number of fused-ring (bicyclic) bond motifs is 1. The van der Waals surface area contributed by atoms with E-state index in [0.29, 0.717) is 0 Å². The molecule has 1 aliphatic carbocycles. The zero-order valence-corrected chi connectivity index (χ0v) is 9.04. The summed E-state index contributed by atoms with van der Waals surface area (Å²) in [5, 5.41) is 0. The first-order valence-corrected chi connectivity index (χ1v) is 4.89. The summed E-state index contributed by atoms with van der Waals surface area (Å²) in [5.74, 6) is 0.